The SMILES string of the molecule is CCCCCCCCCCCCCCCCCCCCCCCCC/C=C/CC/C=C/C(O)C(COC1OC(CO)C(O)C(O)C1O)NC(=O)CCCCCCCCCCCCCCCCCCCCCCC. The molecule has 7 unspecified atom stereocenters. The molecule has 0 bridgehead atoms. The number of allylic oxidation sites excluding steroid dienone is 3. The first-order chi connectivity index (χ1) is 35.8. The fourth-order valence-corrected chi connectivity index (χ4v) is 10.5. The quantitative estimate of drug-likeness (QED) is 0.0261. The Balaban J connectivity index is 2.18. The standard InChI is InChI=1S/C64H123NO8/c1-3-5-7-9-11-13-15-17-19-21-23-25-26-27-28-29-30-31-32-34-35-37-39-41-43-45-47-49-51-53-58(67)57(56-72-64-63(71)62(70)61(69)59(55-66)73-64)65-60(68)54-52-50-48-46-44-42-40-38-36-33-24-22-20-18-16-14-12-10-8-6-4-2/h43,45,51,53,57-59,61-64,66-67,69-71H,3-42,44,46-50,52,54-56H2,1-2H3,(H,65,68)/b45-43+,53-51+. The predicted molar refractivity (Wildman–Crippen MR) is 309 cm³/mol. The van der Waals surface area contributed by atoms with E-state index in [1.165, 1.54) is 263 Å². The van der Waals surface area contributed by atoms with Crippen molar-refractivity contribution in [3.05, 3.63) is 24.3 Å². The van der Waals surface area contributed by atoms with E-state index in [2.05, 4.69) is 31.3 Å². The summed E-state index contributed by atoms with van der Waals surface area (Å²) in [6, 6.07) is -0.819. The molecule has 0 aliphatic carbocycles. The maximum atomic E-state index is 13.1. The molecule has 1 saturated heterocycles. The molecule has 1 aliphatic rings. The van der Waals surface area contributed by atoms with Crippen molar-refractivity contribution < 1.29 is 39.8 Å². The zero-order valence-electron chi connectivity index (χ0n) is 48.2. The third-order valence-corrected chi connectivity index (χ3v) is 15.5. The van der Waals surface area contributed by atoms with E-state index in [9.17, 15) is 30.3 Å². The first-order valence-corrected chi connectivity index (χ1v) is 32.1. The Morgan fingerprint density at radius 3 is 1.15 bits per heavy atom. The van der Waals surface area contributed by atoms with Crippen LogP contribution < -0.4 is 5.32 Å². The van der Waals surface area contributed by atoms with Crippen molar-refractivity contribution in [3.63, 3.8) is 0 Å². The van der Waals surface area contributed by atoms with Gasteiger partial charge in [-0.15, -0.1) is 0 Å². The second-order valence-electron chi connectivity index (χ2n) is 22.6. The molecule has 6 N–H and O–H groups in total. The highest BCUT2D eigenvalue weighted by molar-refractivity contribution is 5.76. The van der Waals surface area contributed by atoms with Gasteiger partial charge in [0.15, 0.2) is 6.29 Å². The molecule has 9 heteroatoms. The van der Waals surface area contributed by atoms with Gasteiger partial charge >= 0.3 is 0 Å². The Morgan fingerprint density at radius 2 is 0.781 bits per heavy atom. The lowest BCUT2D eigenvalue weighted by Gasteiger charge is -2.40. The molecular formula is C64H123NO8. The number of hydrogen-bond acceptors (Lipinski definition) is 8. The molecule has 0 radical (unpaired) electrons. The average molecular weight is 1030 g/mol. The van der Waals surface area contributed by atoms with E-state index in [4.69, 9.17) is 9.47 Å². The zero-order chi connectivity index (χ0) is 52.9. The number of ether oxygens (including phenoxy) is 2. The summed E-state index contributed by atoms with van der Waals surface area (Å²) in [4.78, 5) is 13.1. The van der Waals surface area contributed by atoms with Crippen molar-refractivity contribution in [2.45, 2.75) is 365 Å². The van der Waals surface area contributed by atoms with E-state index in [1.54, 1.807) is 6.08 Å². The topological polar surface area (TPSA) is 149 Å². The Hall–Kier alpha value is -1.33. The van der Waals surface area contributed by atoms with Crippen LogP contribution in [0.25, 0.3) is 0 Å². The Kier molecular flexibility index (Phi) is 51.6. The molecule has 7 atom stereocenters. The molecule has 0 aromatic carbocycles. The van der Waals surface area contributed by atoms with Gasteiger partial charge in [-0.3, -0.25) is 4.79 Å². The van der Waals surface area contributed by atoms with E-state index in [0.717, 1.165) is 38.5 Å². The first kappa shape index (κ1) is 69.7. The van der Waals surface area contributed by atoms with Gasteiger partial charge in [0.25, 0.3) is 0 Å². The Bertz CT molecular complexity index is 1200. The van der Waals surface area contributed by atoms with Crippen LogP contribution in [0.4, 0.5) is 0 Å². The van der Waals surface area contributed by atoms with Crippen LogP contribution in [0.15, 0.2) is 24.3 Å². The molecule has 9 nitrogen and oxygen atoms in total. The summed E-state index contributed by atoms with van der Waals surface area (Å²) in [5, 5.41) is 54.6. The van der Waals surface area contributed by atoms with Crippen molar-refractivity contribution >= 4 is 5.91 Å². The van der Waals surface area contributed by atoms with E-state index < -0.39 is 49.5 Å². The number of aliphatic hydroxyl groups is 5. The number of carbonyl (C=O) groups is 1. The summed E-state index contributed by atoms with van der Waals surface area (Å²) in [6.07, 6.45) is 62.7. The molecule has 1 aliphatic heterocycles. The lowest BCUT2D eigenvalue weighted by Crippen LogP contribution is -2.60. The molecule has 432 valence electrons. The van der Waals surface area contributed by atoms with Crippen molar-refractivity contribution in [2.75, 3.05) is 13.2 Å². The highest BCUT2D eigenvalue weighted by Crippen LogP contribution is 2.23. The normalized spacial score (nSPS) is 19.1. The van der Waals surface area contributed by atoms with Gasteiger partial charge < -0.3 is 40.3 Å². The minimum Gasteiger partial charge on any atom is -0.394 e. The van der Waals surface area contributed by atoms with Crippen LogP contribution in [0.3, 0.4) is 0 Å². The number of hydrogen-bond donors (Lipinski definition) is 6. The summed E-state index contributed by atoms with van der Waals surface area (Å²) in [6.45, 7) is 3.82. The third kappa shape index (κ3) is 43.4. The molecule has 1 heterocycles. The van der Waals surface area contributed by atoms with Crippen molar-refractivity contribution in [2.24, 2.45) is 0 Å². The Morgan fingerprint density at radius 1 is 0.452 bits per heavy atom. The lowest BCUT2D eigenvalue weighted by atomic mass is 9.99. The van der Waals surface area contributed by atoms with Crippen LogP contribution in [-0.4, -0.2) is 87.5 Å². The summed E-state index contributed by atoms with van der Waals surface area (Å²) in [5.74, 6) is -0.179. The fraction of sp³-hybridized carbons (Fsp3) is 0.922. The maximum Gasteiger partial charge on any atom is 0.220 e. The summed E-state index contributed by atoms with van der Waals surface area (Å²) in [7, 11) is 0. The van der Waals surface area contributed by atoms with Gasteiger partial charge in [0.1, 0.15) is 24.4 Å². The Labute approximate surface area is 451 Å². The highest BCUT2D eigenvalue weighted by Gasteiger charge is 2.44. The zero-order valence-corrected chi connectivity index (χ0v) is 48.2. The number of carbonyl (C=O) groups excluding carboxylic acids is 1. The minimum atomic E-state index is -1.57. The second-order valence-corrected chi connectivity index (χ2v) is 22.6. The van der Waals surface area contributed by atoms with Crippen LogP contribution in [0.2, 0.25) is 0 Å². The number of amides is 1. The monoisotopic (exact) mass is 1030 g/mol. The molecule has 73 heavy (non-hydrogen) atoms. The number of aliphatic hydroxyl groups excluding tert-OH is 5. The highest BCUT2D eigenvalue weighted by atomic mass is 16.7. The molecule has 0 spiro atoms. The fourth-order valence-electron chi connectivity index (χ4n) is 10.5. The average Bonchev–Trinajstić information content (AvgIpc) is 3.39. The van der Waals surface area contributed by atoms with Crippen LogP contribution in [0, 0.1) is 0 Å². The lowest BCUT2D eigenvalue weighted by molar-refractivity contribution is -0.302. The van der Waals surface area contributed by atoms with Gasteiger partial charge in [0, 0.05) is 6.42 Å². The minimum absolute atomic E-state index is 0.179. The number of nitrogens with one attached hydrogen (secondary N) is 1. The van der Waals surface area contributed by atoms with E-state index >= 15 is 0 Å². The molecule has 1 fully saturated rings. The van der Waals surface area contributed by atoms with Crippen LogP contribution in [0.1, 0.15) is 322 Å². The molecular weight excluding hydrogens is 911 g/mol. The third-order valence-electron chi connectivity index (χ3n) is 15.5. The maximum absolute atomic E-state index is 13.1. The van der Waals surface area contributed by atoms with Gasteiger partial charge in [-0.05, 0) is 32.1 Å². The van der Waals surface area contributed by atoms with Crippen LogP contribution in [-0.2, 0) is 14.3 Å². The summed E-state index contributed by atoms with van der Waals surface area (Å²) >= 11 is 0. The number of rotatable bonds is 56. The van der Waals surface area contributed by atoms with Crippen LogP contribution >= 0.6 is 0 Å². The summed E-state index contributed by atoms with van der Waals surface area (Å²) in [5.41, 5.74) is 0. The van der Waals surface area contributed by atoms with Crippen molar-refractivity contribution in [3.8, 4) is 0 Å². The van der Waals surface area contributed by atoms with Gasteiger partial charge in [0.2, 0.25) is 5.91 Å². The first-order valence-electron chi connectivity index (χ1n) is 32.1. The molecule has 1 amide bonds. The molecule has 0 aromatic rings. The molecule has 1 rings (SSSR count). The molecule has 0 aromatic heterocycles. The smallest absolute Gasteiger partial charge is 0.220 e. The van der Waals surface area contributed by atoms with Gasteiger partial charge in [0.05, 0.1) is 25.4 Å². The summed E-state index contributed by atoms with van der Waals surface area (Å²) < 4.78 is 11.3. The van der Waals surface area contributed by atoms with Gasteiger partial charge in [-0.1, -0.05) is 308 Å². The van der Waals surface area contributed by atoms with E-state index in [1.807, 2.05) is 6.08 Å². The molecule has 0 saturated carbocycles. The van der Waals surface area contributed by atoms with Crippen molar-refractivity contribution in [1.82, 2.24) is 5.32 Å². The number of unbranched alkanes of at least 4 members (excludes halogenated alkanes) is 44. The van der Waals surface area contributed by atoms with Crippen molar-refractivity contribution in [1.29, 1.82) is 0 Å². The largest absolute Gasteiger partial charge is 0.394 e. The van der Waals surface area contributed by atoms with Crippen LogP contribution in [0.5, 0.6) is 0 Å². The van der Waals surface area contributed by atoms with E-state index in [-0.39, 0.29) is 12.5 Å². The van der Waals surface area contributed by atoms with E-state index in [0.29, 0.717) is 6.42 Å². The second kappa shape index (κ2) is 54.0. The predicted octanol–water partition coefficient (Wildman–Crippen LogP) is 16.5. The van der Waals surface area contributed by atoms with Gasteiger partial charge in [-0.25, -0.2) is 0 Å². The van der Waals surface area contributed by atoms with Gasteiger partial charge in [-0.2, -0.15) is 0 Å².